The van der Waals surface area contributed by atoms with Gasteiger partial charge in [-0.3, -0.25) is 9.69 Å². The normalized spacial score (nSPS) is 17.6. The molecular weight excluding hydrogens is 268 g/mol. The molecule has 1 atom stereocenters. The minimum absolute atomic E-state index is 0.0791. The predicted octanol–water partition coefficient (Wildman–Crippen LogP) is 1.12. The molecule has 0 radical (unpaired) electrons. The van der Waals surface area contributed by atoms with Gasteiger partial charge in [0.2, 0.25) is 0 Å². The quantitative estimate of drug-likeness (QED) is 0.789. The fourth-order valence-electron chi connectivity index (χ4n) is 2.59. The van der Waals surface area contributed by atoms with E-state index in [2.05, 4.69) is 17.1 Å². The summed E-state index contributed by atoms with van der Waals surface area (Å²) in [5.41, 5.74) is 1.95. The third-order valence-corrected chi connectivity index (χ3v) is 3.74. The van der Waals surface area contributed by atoms with Gasteiger partial charge >= 0.3 is 5.97 Å². The number of rotatable bonds is 7. The number of benzene rings is 1. The molecule has 0 aliphatic carbocycles. The Hall–Kier alpha value is -1.43. The first kappa shape index (κ1) is 15.9. The van der Waals surface area contributed by atoms with Crippen LogP contribution in [0.15, 0.2) is 24.3 Å². The van der Waals surface area contributed by atoms with Gasteiger partial charge in [-0.25, -0.2) is 0 Å². The number of aliphatic carboxylic acids is 1. The lowest BCUT2D eigenvalue weighted by molar-refractivity contribution is -0.136. The maximum absolute atomic E-state index is 10.9. The van der Waals surface area contributed by atoms with Gasteiger partial charge in [0.25, 0.3) is 0 Å². The molecule has 0 bridgehead atoms. The molecule has 0 spiro atoms. The Kier molecular flexibility index (Phi) is 6.17. The maximum Gasteiger partial charge on any atom is 0.307 e. The summed E-state index contributed by atoms with van der Waals surface area (Å²) in [5, 5.41) is 12.4. The van der Waals surface area contributed by atoms with Gasteiger partial charge in [-0.2, -0.15) is 0 Å². The predicted molar refractivity (Wildman–Crippen MR) is 81.3 cm³/mol. The second-order valence-electron chi connectivity index (χ2n) is 5.53. The monoisotopic (exact) mass is 292 g/mol. The van der Waals surface area contributed by atoms with Crippen LogP contribution in [0.3, 0.4) is 0 Å². The number of carboxylic acid groups (broad SMARTS) is 1. The topological polar surface area (TPSA) is 61.8 Å². The van der Waals surface area contributed by atoms with E-state index in [1.807, 2.05) is 24.3 Å². The molecule has 1 aliphatic rings. The number of nitrogens with one attached hydrogen (secondary N) is 1. The SMILES string of the molecule is CC(CN1CCOCC1)NCc1ccccc1CC(=O)O. The minimum Gasteiger partial charge on any atom is -0.481 e. The Morgan fingerprint density at radius 2 is 2.00 bits per heavy atom. The Balaban J connectivity index is 1.82. The van der Waals surface area contributed by atoms with Crippen LogP contribution in [0.2, 0.25) is 0 Å². The first-order valence-corrected chi connectivity index (χ1v) is 7.47. The average Bonchev–Trinajstić information content (AvgIpc) is 2.47. The second kappa shape index (κ2) is 8.12. The molecule has 1 fully saturated rings. The van der Waals surface area contributed by atoms with Crippen LogP contribution in [-0.4, -0.2) is 54.9 Å². The van der Waals surface area contributed by atoms with E-state index in [0.29, 0.717) is 12.6 Å². The minimum atomic E-state index is -0.788. The van der Waals surface area contributed by atoms with Crippen LogP contribution in [0.4, 0.5) is 0 Å². The van der Waals surface area contributed by atoms with E-state index in [4.69, 9.17) is 9.84 Å². The number of nitrogens with zero attached hydrogens (tertiary/aromatic N) is 1. The third-order valence-electron chi connectivity index (χ3n) is 3.74. The molecule has 116 valence electrons. The van der Waals surface area contributed by atoms with E-state index in [1.165, 1.54) is 0 Å². The molecule has 1 saturated heterocycles. The van der Waals surface area contributed by atoms with Gasteiger partial charge in [-0.1, -0.05) is 24.3 Å². The molecule has 5 heteroatoms. The first-order valence-electron chi connectivity index (χ1n) is 7.47. The summed E-state index contributed by atoms with van der Waals surface area (Å²) in [5.74, 6) is -0.788. The first-order chi connectivity index (χ1) is 10.1. The lowest BCUT2D eigenvalue weighted by Crippen LogP contribution is -2.44. The lowest BCUT2D eigenvalue weighted by atomic mass is 10.0. The van der Waals surface area contributed by atoms with Crippen molar-refractivity contribution in [1.29, 1.82) is 0 Å². The number of hydrogen-bond acceptors (Lipinski definition) is 4. The highest BCUT2D eigenvalue weighted by atomic mass is 16.5. The number of carboxylic acids is 1. The molecule has 0 aromatic heterocycles. The molecule has 2 rings (SSSR count). The van der Waals surface area contributed by atoms with Crippen LogP contribution in [0.5, 0.6) is 0 Å². The van der Waals surface area contributed by atoms with Crippen molar-refractivity contribution in [1.82, 2.24) is 10.2 Å². The van der Waals surface area contributed by atoms with Crippen molar-refractivity contribution >= 4 is 5.97 Å². The third kappa shape index (κ3) is 5.46. The molecule has 1 unspecified atom stereocenters. The van der Waals surface area contributed by atoms with Crippen molar-refractivity contribution in [2.75, 3.05) is 32.8 Å². The molecule has 21 heavy (non-hydrogen) atoms. The van der Waals surface area contributed by atoms with E-state index in [1.54, 1.807) is 0 Å². The van der Waals surface area contributed by atoms with Crippen LogP contribution in [-0.2, 0) is 22.5 Å². The Morgan fingerprint density at radius 1 is 1.33 bits per heavy atom. The lowest BCUT2D eigenvalue weighted by Gasteiger charge is -2.29. The molecule has 1 aliphatic heterocycles. The number of hydrogen-bond donors (Lipinski definition) is 2. The van der Waals surface area contributed by atoms with Gasteiger partial charge in [0.05, 0.1) is 19.6 Å². The van der Waals surface area contributed by atoms with E-state index in [-0.39, 0.29) is 6.42 Å². The second-order valence-corrected chi connectivity index (χ2v) is 5.53. The highest BCUT2D eigenvalue weighted by molar-refractivity contribution is 5.70. The van der Waals surface area contributed by atoms with Crippen LogP contribution in [0.1, 0.15) is 18.1 Å². The average molecular weight is 292 g/mol. The van der Waals surface area contributed by atoms with Crippen LogP contribution < -0.4 is 5.32 Å². The number of morpholine rings is 1. The van der Waals surface area contributed by atoms with Crippen LogP contribution in [0, 0.1) is 0 Å². The van der Waals surface area contributed by atoms with Crippen molar-refractivity contribution in [2.45, 2.75) is 25.9 Å². The van der Waals surface area contributed by atoms with Crippen molar-refractivity contribution in [3.8, 4) is 0 Å². The largest absolute Gasteiger partial charge is 0.481 e. The summed E-state index contributed by atoms with van der Waals surface area (Å²) < 4.78 is 5.35. The Morgan fingerprint density at radius 3 is 2.67 bits per heavy atom. The Labute approximate surface area is 125 Å². The molecule has 5 nitrogen and oxygen atoms in total. The van der Waals surface area contributed by atoms with Crippen molar-refractivity contribution in [3.05, 3.63) is 35.4 Å². The van der Waals surface area contributed by atoms with Gasteiger partial charge < -0.3 is 15.2 Å². The van der Waals surface area contributed by atoms with Crippen molar-refractivity contribution < 1.29 is 14.6 Å². The Bertz CT molecular complexity index is 459. The zero-order chi connectivity index (χ0) is 15.1. The molecule has 0 saturated carbocycles. The maximum atomic E-state index is 10.9. The molecule has 0 amide bonds. The summed E-state index contributed by atoms with van der Waals surface area (Å²) in [6.45, 7) is 7.46. The summed E-state index contributed by atoms with van der Waals surface area (Å²) >= 11 is 0. The standard InChI is InChI=1S/C16H24N2O3/c1-13(12-18-6-8-21-9-7-18)17-11-15-5-3-2-4-14(15)10-16(19)20/h2-5,13,17H,6-12H2,1H3,(H,19,20). The van der Waals surface area contributed by atoms with E-state index < -0.39 is 5.97 Å². The summed E-state index contributed by atoms with van der Waals surface area (Å²) in [6, 6.07) is 8.08. The van der Waals surface area contributed by atoms with E-state index in [9.17, 15) is 4.79 Å². The zero-order valence-corrected chi connectivity index (χ0v) is 12.5. The van der Waals surface area contributed by atoms with Crippen LogP contribution in [0.25, 0.3) is 0 Å². The van der Waals surface area contributed by atoms with Gasteiger partial charge in [0.1, 0.15) is 0 Å². The van der Waals surface area contributed by atoms with E-state index >= 15 is 0 Å². The fourth-order valence-corrected chi connectivity index (χ4v) is 2.59. The van der Waals surface area contributed by atoms with Crippen LogP contribution >= 0.6 is 0 Å². The zero-order valence-electron chi connectivity index (χ0n) is 12.5. The van der Waals surface area contributed by atoms with Crippen molar-refractivity contribution in [3.63, 3.8) is 0 Å². The summed E-state index contributed by atoms with van der Waals surface area (Å²) in [7, 11) is 0. The molecule has 2 N–H and O–H groups in total. The highest BCUT2D eigenvalue weighted by Crippen LogP contribution is 2.10. The molecule has 1 aromatic carbocycles. The van der Waals surface area contributed by atoms with Crippen molar-refractivity contribution in [2.24, 2.45) is 0 Å². The summed E-state index contributed by atoms with van der Waals surface area (Å²) in [6.07, 6.45) is 0.0791. The number of carbonyl (C=O) groups is 1. The summed E-state index contributed by atoms with van der Waals surface area (Å²) in [4.78, 5) is 13.3. The van der Waals surface area contributed by atoms with Gasteiger partial charge in [-0.15, -0.1) is 0 Å². The number of ether oxygens (including phenoxy) is 1. The van der Waals surface area contributed by atoms with Gasteiger partial charge in [0, 0.05) is 32.2 Å². The van der Waals surface area contributed by atoms with Gasteiger partial charge in [-0.05, 0) is 18.1 Å². The van der Waals surface area contributed by atoms with E-state index in [0.717, 1.165) is 44.0 Å². The highest BCUT2D eigenvalue weighted by Gasteiger charge is 2.14. The smallest absolute Gasteiger partial charge is 0.307 e. The molecule has 1 aromatic rings. The molecular formula is C16H24N2O3. The van der Waals surface area contributed by atoms with Gasteiger partial charge in [0.15, 0.2) is 0 Å². The fraction of sp³-hybridized carbons (Fsp3) is 0.562. The molecule has 1 heterocycles.